The van der Waals surface area contributed by atoms with Gasteiger partial charge in [-0.15, -0.1) is 0 Å². The first kappa shape index (κ1) is 7.50. The van der Waals surface area contributed by atoms with Gasteiger partial charge in [0.05, 0.1) is 6.61 Å². The summed E-state index contributed by atoms with van der Waals surface area (Å²) in [6.07, 6.45) is 1.88. The maximum Gasteiger partial charge on any atom is 0.246 e. The quantitative estimate of drug-likeness (QED) is 0.483. The SMILES string of the molecule is NC(=O)[C@H]1[CH]C[C@H](N)CO1. The summed E-state index contributed by atoms with van der Waals surface area (Å²) in [6, 6.07) is 0.0237. The van der Waals surface area contributed by atoms with Crippen molar-refractivity contribution < 1.29 is 9.53 Å². The van der Waals surface area contributed by atoms with Crippen molar-refractivity contribution >= 4 is 5.91 Å². The average molecular weight is 143 g/mol. The molecule has 0 saturated carbocycles. The summed E-state index contributed by atoms with van der Waals surface area (Å²) >= 11 is 0. The summed E-state index contributed by atoms with van der Waals surface area (Å²) in [5, 5.41) is 0. The van der Waals surface area contributed by atoms with Crippen LogP contribution in [-0.4, -0.2) is 24.7 Å². The standard InChI is InChI=1S/C6H11N2O2/c7-4-1-2-5(6(8)9)10-3-4/h2,4-5H,1,3,7H2,(H2,8,9)/t4-,5+/m0/s1. The van der Waals surface area contributed by atoms with Gasteiger partial charge in [0.15, 0.2) is 0 Å². The van der Waals surface area contributed by atoms with Crippen LogP contribution in [0.25, 0.3) is 0 Å². The molecule has 57 valence electrons. The lowest BCUT2D eigenvalue weighted by atomic mass is 10.1. The lowest BCUT2D eigenvalue weighted by Gasteiger charge is -2.23. The first-order valence-electron chi connectivity index (χ1n) is 3.20. The van der Waals surface area contributed by atoms with Crippen molar-refractivity contribution in [2.45, 2.75) is 18.6 Å². The van der Waals surface area contributed by atoms with E-state index in [-0.39, 0.29) is 6.04 Å². The highest BCUT2D eigenvalue weighted by Crippen LogP contribution is 2.09. The van der Waals surface area contributed by atoms with E-state index in [2.05, 4.69) is 0 Å². The molecule has 1 saturated heterocycles. The Morgan fingerprint density at radius 2 is 2.40 bits per heavy atom. The Morgan fingerprint density at radius 3 is 2.80 bits per heavy atom. The van der Waals surface area contributed by atoms with E-state index in [1.54, 1.807) is 6.42 Å². The van der Waals surface area contributed by atoms with Gasteiger partial charge < -0.3 is 16.2 Å². The van der Waals surface area contributed by atoms with Crippen LogP contribution in [0.3, 0.4) is 0 Å². The summed E-state index contributed by atoms with van der Waals surface area (Å²) in [7, 11) is 0. The fraction of sp³-hybridized carbons (Fsp3) is 0.667. The normalized spacial score (nSPS) is 33.7. The largest absolute Gasteiger partial charge is 0.367 e. The highest BCUT2D eigenvalue weighted by Gasteiger charge is 2.23. The van der Waals surface area contributed by atoms with Crippen LogP contribution in [-0.2, 0) is 9.53 Å². The predicted molar refractivity (Wildman–Crippen MR) is 35.8 cm³/mol. The summed E-state index contributed by atoms with van der Waals surface area (Å²) < 4.78 is 5.00. The molecule has 1 aliphatic heterocycles. The predicted octanol–water partition coefficient (Wildman–Crippen LogP) is -1.21. The minimum atomic E-state index is -0.528. The van der Waals surface area contributed by atoms with E-state index < -0.39 is 12.0 Å². The molecule has 4 N–H and O–H groups in total. The van der Waals surface area contributed by atoms with E-state index in [0.717, 1.165) is 0 Å². The third-order valence-electron chi connectivity index (χ3n) is 1.42. The van der Waals surface area contributed by atoms with Crippen LogP contribution in [0.5, 0.6) is 0 Å². The summed E-state index contributed by atoms with van der Waals surface area (Å²) in [4.78, 5) is 10.5. The maximum atomic E-state index is 10.5. The zero-order valence-electron chi connectivity index (χ0n) is 5.62. The number of ether oxygens (including phenoxy) is 1. The smallest absolute Gasteiger partial charge is 0.246 e. The lowest BCUT2D eigenvalue weighted by molar-refractivity contribution is -0.129. The molecule has 0 bridgehead atoms. The van der Waals surface area contributed by atoms with E-state index in [0.29, 0.717) is 13.0 Å². The second-order valence-electron chi connectivity index (χ2n) is 2.39. The Hall–Kier alpha value is -0.610. The van der Waals surface area contributed by atoms with Crippen LogP contribution in [0.4, 0.5) is 0 Å². The molecule has 0 aliphatic carbocycles. The van der Waals surface area contributed by atoms with Crippen molar-refractivity contribution in [3.05, 3.63) is 6.42 Å². The minimum absolute atomic E-state index is 0.0237. The van der Waals surface area contributed by atoms with Crippen molar-refractivity contribution in [3.8, 4) is 0 Å². The molecule has 1 radical (unpaired) electrons. The number of carbonyl (C=O) groups is 1. The van der Waals surface area contributed by atoms with Gasteiger partial charge in [-0.1, -0.05) is 0 Å². The van der Waals surface area contributed by atoms with Crippen molar-refractivity contribution in [1.82, 2.24) is 0 Å². The zero-order chi connectivity index (χ0) is 7.56. The molecule has 1 rings (SSSR count). The topological polar surface area (TPSA) is 78.3 Å². The van der Waals surface area contributed by atoms with Gasteiger partial charge in [-0.3, -0.25) is 4.79 Å². The molecular weight excluding hydrogens is 132 g/mol. The monoisotopic (exact) mass is 143 g/mol. The molecule has 0 aromatic carbocycles. The number of hydrogen-bond donors (Lipinski definition) is 2. The van der Waals surface area contributed by atoms with Crippen LogP contribution in [0, 0.1) is 6.42 Å². The van der Waals surface area contributed by atoms with Gasteiger partial charge in [0.25, 0.3) is 0 Å². The number of nitrogens with two attached hydrogens (primary N) is 2. The average Bonchev–Trinajstić information content (AvgIpc) is 1.88. The Balaban J connectivity index is 2.33. The molecule has 0 aromatic heterocycles. The number of rotatable bonds is 1. The van der Waals surface area contributed by atoms with Gasteiger partial charge in [0.1, 0.15) is 6.10 Å². The van der Waals surface area contributed by atoms with E-state index in [9.17, 15) is 4.79 Å². The third-order valence-corrected chi connectivity index (χ3v) is 1.42. The van der Waals surface area contributed by atoms with Crippen LogP contribution in [0.2, 0.25) is 0 Å². The van der Waals surface area contributed by atoms with Gasteiger partial charge in [-0.05, 0) is 6.42 Å². The van der Waals surface area contributed by atoms with Gasteiger partial charge >= 0.3 is 0 Å². The summed E-state index contributed by atoms with van der Waals surface area (Å²) in [5.41, 5.74) is 10.5. The summed E-state index contributed by atoms with van der Waals surface area (Å²) in [6.45, 7) is 0.421. The molecule has 2 atom stereocenters. The van der Waals surface area contributed by atoms with Gasteiger partial charge in [0, 0.05) is 12.5 Å². The molecule has 0 unspecified atom stereocenters. The highest BCUT2D eigenvalue weighted by molar-refractivity contribution is 5.80. The summed E-state index contributed by atoms with van der Waals surface area (Å²) in [5.74, 6) is -0.438. The second kappa shape index (κ2) is 2.98. The second-order valence-corrected chi connectivity index (χ2v) is 2.39. The molecule has 1 aliphatic rings. The number of primary amides is 1. The van der Waals surface area contributed by atoms with Crippen LogP contribution < -0.4 is 11.5 Å². The molecule has 4 heteroatoms. The number of carbonyl (C=O) groups excluding carboxylic acids is 1. The van der Waals surface area contributed by atoms with Crippen LogP contribution >= 0.6 is 0 Å². The third kappa shape index (κ3) is 1.68. The number of hydrogen-bond acceptors (Lipinski definition) is 3. The maximum absolute atomic E-state index is 10.5. The van der Waals surface area contributed by atoms with Crippen molar-refractivity contribution in [1.29, 1.82) is 0 Å². The lowest BCUT2D eigenvalue weighted by Crippen LogP contribution is -2.42. The van der Waals surface area contributed by atoms with E-state index in [1.165, 1.54) is 0 Å². The zero-order valence-corrected chi connectivity index (χ0v) is 5.62. The van der Waals surface area contributed by atoms with Crippen LogP contribution in [0.15, 0.2) is 0 Å². The first-order valence-corrected chi connectivity index (χ1v) is 3.20. The molecule has 0 spiro atoms. The molecule has 1 amide bonds. The molecule has 1 fully saturated rings. The van der Waals surface area contributed by atoms with Gasteiger partial charge in [0.2, 0.25) is 5.91 Å². The highest BCUT2D eigenvalue weighted by atomic mass is 16.5. The fourth-order valence-corrected chi connectivity index (χ4v) is 0.860. The van der Waals surface area contributed by atoms with Gasteiger partial charge in [-0.2, -0.15) is 0 Å². The Labute approximate surface area is 59.5 Å². The van der Waals surface area contributed by atoms with Crippen molar-refractivity contribution in [2.24, 2.45) is 11.5 Å². The molecule has 10 heavy (non-hydrogen) atoms. The van der Waals surface area contributed by atoms with E-state index in [1.807, 2.05) is 0 Å². The Kier molecular flexibility index (Phi) is 2.24. The molecule has 0 aromatic rings. The van der Waals surface area contributed by atoms with Crippen molar-refractivity contribution in [2.75, 3.05) is 6.61 Å². The molecular formula is C6H11N2O2. The Morgan fingerprint density at radius 1 is 1.70 bits per heavy atom. The van der Waals surface area contributed by atoms with Crippen molar-refractivity contribution in [3.63, 3.8) is 0 Å². The van der Waals surface area contributed by atoms with E-state index >= 15 is 0 Å². The minimum Gasteiger partial charge on any atom is -0.367 e. The fourth-order valence-electron chi connectivity index (χ4n) is 0.860. The first-order chi connectivity index (χ1) is 4.70. The van der Waals surface area contributed by atoms with Crippen LogP contribution in [0.1, 0.15) is 6.42 Å². The Bertz CT molecular complexity index is 130. The van der Waals surface area contributed by atoms with Gasteiger partial charge in [-0.25, -0.2) is 0 Å². The molecule has 4 nitrogen and oxygen atoms in total. The number of amides is 1. The van der Waals surface area contributed by atoms with E-state index in [4.69, 9.17) is 16.2 Å². The molecule has 1 heterocycles.